The lowest BCUT2D eigenvalue weighted by Gasteiger charge is -2.09. The van der Waals surface area contributed by atoms with Gasteiger partial charge in [-0.2, -0.15) is 13.2 Å². The molecule has 0 aliphatic carbocycles. The van der Waals surface area contributed by atoms with Crippen molar-refractivity contribution in [3.05, 3.63) is 29.7 Å². The summed E-state index contributed by atoms with van der Waals surface area (Å²) in [5.41, 5.74) is 5.70. The van der Waals surface area contributed by atoms with Gasteiger partial charge >= 0.3 is 6.18 Å². The highest BCUT2D eigenvalue weighted by Gasteiger charge is 2.31. The number of hydrogen-bond donors (Lipinski definition) is 1. The summed E-state index contributed by atoms with van der Waals surface area (Å²) in [5.74, 6) is 0. The lowest BCUT2D eigenvalue weighted by molar-refractivity contribution is -0.137. The largest absolute Gasteiger partial charge is 0.417 e. The van der Waals surface area contributed by atoms with E-state index in [-0.39, 0.29) is 5.69 Å². The summed E-state index contributed by atoms with van der Waals surface area (Å²) in [6.07, 6.45) is -1.92. The lowest BCUT2D eigenvalue weighted by atomic mass is 10.2. The van der Waals surface area contributed by atoms with Crippen molar-refractivity contribution in [2.75, 3.05) is 5.73 Å². The van der Waals surface area contributed by atoms with Crippen molar-refractivity contribution < 1.29 is 13.2 Å². The molecule has 6 heteroatoms. The summed E-state index contributed by atoms with van der Waals surface area (Å²) >= 11 is 0. The first-order valence-corrected chi connectivity index (χ1v) is 4.20. The van der Waals surface area contributed by atoms with Crippen molar-refractivity contribution in [3.8, 4) is 0 Å². The predicted octanol–water partition coefficient (Wildman–Crippen LogP) is 2.24. The zero-order valence-corrected chi connectivity index (χ0v) is 7.84. The van der Waals surface area contributed by atoms with Crippen molar-refractivity contribution in [3.63, 3.8) is 0 Å². The third kappa shape index (κ3) is 1.51. The van der Waals surface area contributed by atoms with Gasteiger partial charge in [0.1, 0.15) is 0 Å². The molecule has 2 aromatic heterocycles. The first kappa shape index (κ1) is 9.82. The topological polar surface area (TPSA) is 43.3 Å². The van der Waals surface area contributed by atoms with E-state index in [1.165, 1.54) is 10.6 Å². The number of imidazole rings is 1. The number of fused-ring (bicyclic) bond motifs is 1. The molecule has 2 aromatic rings. The van der Waals surface area contributed by atoms with Crippen molar-refractivity contribution in [2.24, 2.45) is 0 Å². The van der Waals surface area contributed by atoms with Crippen LogP contribution in [-0.2, 0) is 6.18 Å². The third-order valence-corrected chi connectivity index (χ3v) is 2.15. The number of nitrogens with zero attached hydrogens (tertiary/aromatic N) is 2. The van der Waals surface area contributed by atoms with E-state index in [1.807, 2.05) is 0 Å². The number of pyridine rings is 1. The highest BCUT2D eigenvalue weighted by Crippen LogP contribution is 2.31. The van der Waals surface area contributed by atoms with Gasteiger partial charge in [-0.1, -0.05) is 0 Å². The number of nitrogen functional groups attached to an aromatic ring is 1. The van der Waals surface area contributed by atoms with Crippen LogP contribution in [0.4, 0.5) is 18.9 Å². The van der Waals surface area contributed by atoms with Gasteiger partial charge in [0.05, 0.1) is 11.3 Å². The molecule has 0 spiro atoms. The van der Waals surface area contributed by atoms with Crippen LogP contribution in [0.15, 0.2) is 18.5 Å². The Hall–Kier alpha value is -1.72. The van der Waals surface area contributed by atoms with Crippen LogP contribution >= 0.6 is 0 Å². The zero-order chi connectivity index (χ0) is 11.2. The van der Waals surface area contributed by atoms with E-state index in [1.54, 1.807) is 6.92 Å². The number of rotatable bonds is 0. The van der Waals surface area contributed by atoms with E-state index in [9.17, 15) is 13.2 Å². The van der Waals surface area contributed by atoms with Crippen molar-refractivity contribution in [1.29, 1.82) is 0 Å². The average Bonchev–Trinajstić information content (AvgIpc) is 2.47. The molecule has 0 aliphatic rings. The molecular formula is C9H8F3N3. The van der Waals surface area contributed by atoms with Gasteiger partial charge < -0.3 is 10.1 Å². The van der Waals surface area contributed by atoms with Crippen LogP contribution in [0.2, 0.25) is 0 Å². The number of hydrogen-bond acceptors (Lipinski definition) is 2. The fraction of sp³-hybridized carbons (Fsp3) is 0.222. The molecule has 0 unspecified atom stereocenters. The highest BCUT2D eigenvalue weighted by molar-refractivity contribution is 5.66. The van der Waals surface area contributed by atoms with Gasteiger partial charge in [-0.25, -0.2) is 4.98 Å². The molecule has 0 atom stereocenters. The Labute approximate surface area is 83.3 Å². The molecule has 0 saturated heterocycles. The Morgan fingerprint density at radius 1 is 1.40 bits per heavy atom. The Balaban J connectivity index is 2.76. The average molecular weight is 215 g/mol. The lowest BCUT2D eigenvalue weighted by Crippen LogP contribution is -2.08. The first-order valence-electron chi connectivity index (χ1n) is 4.20. The van der Waals surface area contributed by atoms with Crippen molar-refractivity contribution >= 4 is 11.3 Å². The second-order valence-electron chi connectivity index (χ2n) is 3.28. The summed E-state index contributed by atoms with van der Waals surface area (Å²) in [5, 5.41) is 0. The Morgan fingerprint density at radius 3 is 2.67 bits per heavy atom. The maximum Gasteiger partial charge on any atom is 0.417 e. The molecule has 3 nitrogen and oxygen atoms in total. The van der Waals surface area contributed by atoms with E-state index in [2.05, 4.69) is 4.98 Å². The Kier molecular flexibility index (Phi) is 1.89. The molecule has 0 radical (unpaired) electrons. The zero-order valence-electron chi connectivity index (χ0n) is 7.84. The SMILES string of the molecule is Cc1cnc2c(N)cc(C(F)(F)F)cn12. The van der Waals surface area contributed by atoms with Gasteiger partial charge in [-0.3, -0.25) is 0 Å². The second-order valence-corrected chi connectivity index (χ2v) is 3.28. The molecule has 2 N–H and O–H groups in total. The van der Waals surface area contributed by atoms with Crippen LogP contribution < -0.4 is 5.73 Å². The Bertz CT molecular complexity index is 513. The molecule has 2 rings (SSSR count). The Morgan fingerprint density at radius 2 is 2.07 bits per heavy atom. The van der Waals surface area contributed by atoms with Crippen LogP contribution in [-0.4, -0.2) is 9.38 Å². The van der Waals surface area contributed by atoms with Crippen LogP contribution in [0.5, 0.6) is 0 Å². The molecule has 2 heterocycles. The number of nitrogens with two attached hydrogens (primary N) is 1. The smallest absolute Gasteiger partial charge is 0.396 e. The molecule has 0 aromatic carbocycles. The molecule has 80 valence electrons. The summed E-state index contributed by atoms with van der Waals surface area (Å²) in [6.45, 7) is 1.67. The normalized spacial score (nSPS) is 12.3. The molecule has 15 heavy (non-hydrogen) atoms. The predicted molar refractivity (Wildman–Crippen MR) is 49.3 cm³/mol. The van der Waals surface area contributed by atoms with E-state index in [4.69, 9.17) is 5.73 Å². The van der Waals surface area contributed by atoms with Crippen LogP contribution in [0.3, 0.4) is 0 Å². The van der Waals surface area contributed by atoms with Crippen LogP contribution in [0, 0.1) is 6.92 Å². The molecular weight excluding hydrogens is 207 g/mol. The van der Waals surface area contributed by atoms with E-state index in [0.29, 0.717) is 11.3 Å². The quantitative estimate of drug-likeness (QED) is 0.732. The van der Waals surface area contributed by atoms with Gasteiger partial charge in [0.15, 0.2) is 5.65 Å². The minimum Gasteiger partial charge on any atom is -0.396 e. The van der Waals surface area contributed by atoms with E-state index >= 15 is 0 Å². The number of aryl methyl sites for hydroxylation is 1. The number of alkyl halides is 3. The van der Waals surface area contributed by atoms with Crippen LogP contribution in [0.25, 0.3) is 5.65 Å². The highest BCUT2D eigenvalue weighted by atomic mass is 19.4. The van der Waals surface area contributed by atoms with Gasteiger partial charge in [-0.05, 0) is 13.0 Å². The van der Waals surface area contributed by atoms with Crippen molar-refractivity contribution in [2.45, 2.75) is 13.1 Å². The standard InChI is InChI=1S/C9H8F3N3/c1-5-3-14-8-7(13)2-6(4-15(5)8)9(10,11)12/h2-4H,13H2,1H3. The minimum atomic E-state index is -4.39. The molecule has 0 fully saturated rings. The summed E-state index contributed by atoms with van der Waals surface area (Å²) in [7, 11) is 0. The summed E-state index contributed by atoms with van der Waals surface area (Å²) < 4.78 is 38.7. The number of halogens is 3. The third-order valence-electron chi connectivity index (χ3n) is 2.15. The summed E-state index contributed by atoms with van der Waals surface area (Å²) in [4.78, 5) is 3.91. The number of anilines is 1. The maximum absolute atomic E-state index is 12.4. The monoisotopic (exact) mass is 215 g/mol. The van der Waals surface area contributed by atoms with Gasteiger partial charge in [0.2, 0.25) is 0 Å². The fourth-order valence-corrected chi connectivity index (χ4v) is 1.39. The molecule has 0 bridgehead atoms. The molecule has 0 aliphatic heterocycles. The second kappa shape index (κ2) is 2.88. The van der Waals surface area contributed by atoms with Gasteiger partial charge in [0.25, 0.3) is 0 Å². The van der Waals surface area contributed by atoms with Gasteiger partial charge in [-0.15, -0.1) is 0 Å². The molecule has 0 amide bonds. The molecule has 0 saturated carbocycles. The minimum absolute atomic E-state index is 0.0259. The van der Waals surface area contributed by atoms with Crippen LogP contribution in [0.1, 0.15) is 11.3 Å². The maximum atomic E-state index is 12.4. The first-order chi connectivity index (χ1) is 6.89. The van der Waals surface area contributed by atoms with Crippen molar-refractivity contribution in [1.82, 2.24) is 9.38 Å². The fourth-order valence-electron chi connectivity index (χ4n) is 1.39. The van der Waals surface area contributed by atoms with E-state index in [0.717, 1.165) is 12.3 Å². The van der Waals surface area contributed by atoms with E-state index < -0.39 is 11.7 Å². The van der Waals surface area contributed by atoms with Gasteiger partial charge in [0, 0.05) is 18.1 Å². The summed E-state index contributed by atoms with van der Waals surface area (Å²) in [6, 6.07) is 0.891. The number of aromatic nitrogens is 2.